The highest BCUT2D eigenvalue weighted by Gasteiger charge is 2.36. The van der Waals surface area contributed by atoms with Crippen molar-refractivity contribution in [3.05, 3.63) is 54.1 Å². The first-order valence-corrected chi connectivity index (χ1v) is 9.22. The molecule has 2 aromatic carbocycles. The molecule has 0 unspecified atom stereocenters. The van der Waals surface area contributed by atoms with Crippen LogP contribution in [0.2, 0.25) is 0 Å². The van der Waals surface area contributed by atoms with Crippen LogP contribution in [0.25, 0.3) is 0 Å². The molecule has 0 radical (unpaired) electrons. The minimum absolute atomic E-state index is 0.0288. The van der Waals surface area contributed by atoms with Gasteiger partial charge in [0.1, 0.15) is 16.9 Å². The van der Waals surface area contributed by atoms with E-state index in [4.69, 9.17) is 9.47 Å². The van der Waals surface area contributed by atoms with E-state index in [1.54, 1.807) is 39.2 Å². The second-order valence-electron chi connectivity index (χ2n) is 7.27. The number of hydrogen-bond acceptors (Lipinski definition) is 4. The van der Waals surface area contributed by atoms with Gasteiger partial charge in [-0.3, -0.25) is 9.59 Å². The molecule has 28 heavy (non-hydrogen) atoms. The molecule has 2 N–H and O–H groups in total. The molecule has 0 saturated heterocycles. The Kier molecular flexibility index (Phi) is 7.04. The third-order valence-electron chi connectivity index (χ3n) is 4.25. The Morgan fingerprint density at radius 1 is 1.00 bits per heavy atom. The molecule has 0 bridgehead atoms. The van der Waals surface area contributed by atoms with Crippen molar-refractivity contribution >= 4 is 17.5 Å². The zero-order chi connectivity index (χ0) is 20.7. The number of carbonyl (C=O) groups is 2. The minimum Gasteiger partial charge on any atom is -0.497 e. The smallest absolute Gasteiger partial charge is 0.239 e. The Bertz CT molecular complexity index is 814. The number of nitrogens with one attached hydrogen (secondary N) is 2. The van der Waals surface area contributed by atoms with Gasteiger partial charge in [-0.15, -0.1) is 0 Å². The van der Waals surface area contributed by atoms with Crippen molar-refractivity contribution < 1.29 is 19.1 Å². The summed E-state index contributed by atoms with van der Waals surface area (Å²) in [4.78, 5) is 25.4. The van der Waals surface area contributed by atoms with E-state index in [-0.39, 0.29) is 12.0 Å². The number of hydrogen-bond donors (Lipinski definition) is 2. The highest BCUT2D eigenvalue weighted by molar-refractivity contribution is 6.10. The largest absolute Gasteiger partial charge is 0.497 e. The molecular formula is C22H28N2O4. The van der Waals surface area contributed by atoms with Gasteiger partial charge in [0.05, 0.1) is 18.9 Å². The van der Waals surface area contributed by atoms with Crippen LogP contribution in [0.3, 0.4) is 0 Å². The minimum atomic E-state index is -1.25. The predicted molar refractivity (Wildman–Crippen MR) is 109 cm³/mol. The maximum Gasteiger partial charge on any atom is 0.239 e. The maximum absolute atomic E-state index is 12.8. The lowest BCUT2D eigenvalue weighted by Gasteiger charge is -2.24. The van der Waals surface area contributed by atoms with Crippen molar-refractivity contribution in [3.8, 4) is 11.5 Å². The first-order valence-electron chi connectivity index (χ1n) is 9.22. The Hall–Kier alpha value is -3.02. The molecule has 0 spiro atoms. The molecule has 2 rings (SSSR count). The third kappa shape index (κ3) is 5.49. The quantitative estimate of drug-likeness (QED) is 0.680. The van der Waals surface area contributed by atoms with Crippen molar-refractivity contribution in [2.24, 2.45) is 5.41 Å². The average Bonchev–Trinajstić information content (AvgIpc) is 2.67. The van der Waals surface area contributed by atoms with Crippen LogP contribution < -0.4 is 20.1 Å². The molecule has 0 aliphatic heterocycles. The Balaban J connectivity index is 2.02. The molecule has 0 fully saturated rings. The zero-order valence-electron chi connectivity index (χ0n) is 17.0. The number of benzene rings is 2. The Morgan fingerprint density at radius 2 is 1.64 bits per heavy atom. The molecule has 150 valence electrons. The normalized spacial score (nSPS) is 11.1. The van der Waals surface area contributed by atoms with E-state index >= 15 is 0 Å². The SMILES string of the molecule is COc1ccc(CNC(=O)C(C)(C)C(=O)Nc2ccccc2OC(C)C)cc1. The van der Waals surface area contributed by atoms with Gasteiger partial charge in [0.25, 0.3) is 0 Å². The molecule has 2 aromatic rings. The first-order chi connectivity index (χ1) is 13.2. The van der Waals surface area contributed by atoms with E-state index in [2.05, 4.69) is 10.6 Å². The summed E-state index contributed by atoms with van der Waals surface area (Å²) in [5.41, 5.74) is 0.204. The fraction of sp³-hybridized carbons (Fsp3) is 0.364. The number of amides is 2. The van der Waals surface area contributed by atoms with Crippen molar-refractivity contribution in [2.75, 3.05) is 12.4 Å². The van der Waals surface area contributed by atoms with Crippen LogP contribution in [0.5, 0.6) is 11.5 Å². The number of para-hydroxylation sites is 2. The van der Waals surface area contributed by atoms with Crippen LogP contribution >= 0.6 is 0 Å². The predicted octanol–water partition coefficient (Wildman–Crippen LogP) is 3.76. The number of ether oxygens (including phenoxy) is 2. The summed E-state index contributed by atoms with van der Waals surface area (Å²) in [6.45, 7) is 7.34. The number of rotatable bonds is 8. The fourth-order valence-electron chi connectivity index (χ4n) is 2.45. The summed E-state index contributed by atoms with van der Waals surface area (Å²) in [6, 6.07) is 14.6. The van der Waals surface area contributed by atoms with Gasteiger partial charge in [-0.1, -0.05) is 24.3 Å². The number of methoxy groups -OCH3 is 1. The summed E-state index contributed by atoms with van der Waals surface area (Å²) in [5.74, 6) is 0.556. The molecule has 6 heteroatoms. The van der Waals surface area contributed by atoms with Crippen LogP contribution in [0.15, 0.2) is 48.5 Å². The van der Waals surface area contributed by atoms with Gasteiger partial charge in [0, 0.05) is 6.54 Å². The lowest BCUT2D eigenvalue weighted by atomic mass is 9.90. The molecule has 0 saturated carbocycles. The van der Waals surface area contributed by atoms with Gasteiger partial charge >= 0.3 is 0 Å². The van der Waals surface area contributed by atoms with Crippen LogP contribution in [-0.4, -0.2) is 25.0 Å². The van der Waals surface area contributed by atoms with E-state index in [0.717, 1.165) is 11.3 Å². The molecule has 0 aliphatic rings. The van der Waals surface area contributed by atoms with Gasteiger partial charge in [-0.05, 0) is 57.5 Å². The summed E-state index contributed by atoms with van der Waals surface area (Å²) in [6.07, 6.45) is -0.0288. The molecule has 6 nitrogen and oxygen atoms in total. The lowest BCUT2D eigenvalue weighted by molar-refractivity contribution is -0.138. The van der Waals surface area contributed by atoms with E-state index in [1.165, 1.54) is 0 Å². The molecule has 0 aliphatic carbocycles. The first kappa shape index (κ1) is 21.3. The van der Waals surface area contributed by atoms with Gasteiger partial charge in [-0.2, -0.15) is 0 Å². The second kappa shape index (κ2) is 9.26. The zero-order valence-corrected chi connectivity index (χ0v) is 17.0. The summed E-state index contributed by atoms with van der Waals surface area (Å²) >= 11 is 0. The van der Waals surface area contributed by atoms with E-state index in [0.29, 0.717) is 18.0 Å². The molecule has 0 aromatic heterocycles. The number of carbonyl (C=O) groups excluding carboxylic acids is 2. The van der Waals surface area contributed by atoms with Crippen LogP contribution in [0.1, 0.15) is 33.3 Å². The summed E-state index contributed by atoms with van der Waals surface area (Å²) in [7, 11) is 1.60. The topological polar surface area (TPSA) is 76.7 Å². The molecule has 0 heterocycles. The van der Waals surface area contributed by atoms with E-state index < -0.39 is 11.3 Å². The molecular weight excluding hydrogens is 356 g/mol. The fourth-order valence-corrected chi connectivity index (χ4v) is 2.45. The molecule has 2 amide bonds. The summed E-state index contributed by atoms with van der Waals surface area (Å²) in [5, 5.41) is 5.63. The van der Waals surface area contributed by atoms with Gasteiger partial charge < -0.3 is 20.1 Å². The Labute approximate surface area is 166 Å². The standard InChI is InChI=1S/C22H28N2O4/c1-15(2)28-19-9-7-6-8-18(19)24-21(26)22(3,4)20(25)23-14-16-10-12-17(27-5)13-11-16/h6-13,15H,14H2,1-5H3,(H,23,25)(H,24,26). The van der Waals surface area contributed by atoms with Crippen molar-refractivity contribution in [1.29, 1.82) is 0 Å². The van der Waals surface area contributed by atoms with Crippen LogP contribution in [-0.2, 0) is 16.1 Å². The molecule has 0 atom stereocenters. The van der Waals surface area contributed by atoms with Gasteiger partial charge in [0.2, 0.25) is 11.8 Å². The average molecular weight is 384 g/mol. The van der Waals surface area contributed by atoms with Crippen LogP contribution in [0, 0.1) is 5.41 Å². The van der Waals surface area contributed by atoms with Crippen molar-refractivity contribution in [1.82, 2.24) is 5.32 Å². The lowest BCUT2D eigenvalue weighted by Crippen LogP contribution is -2.44. The maximum atomic E-state index is 12.8. The summed E-state index contributed by atoms with van der Waals surface area (Å²) < 4.78 is 10.8. The third-order valence-corrected chi connectivity index (χ3v) is 4.25. The van der Waals surface area contributed by atoms with Crippen molar-refractivity contribution in [2.45, 2.75) is 40.3 Å². The second-order valence-corrected chi connectivity index (χ2v) is 7.27. The van der Waals surface area contributed by atoms with Gasteiger partial charge in [-0.25, -0.2) is 0 Å². The number of anilines is 1. The monoisotopic (exact) mass is 384 g/mol. The highest BCUT2D eigenvalue weighted by Crippen LogP contribution is 2.27. The van der Waals surface area contributed by atoms with Crippen molar-refractivity contribution in [3.63, 3.8) is 0 Å². The Morgan fingerprint density at radius 3 is 2.25 bits per heavy atom. The highest BCUT2D eigenvalue weighted by atomic mass is 16.5. The van der Waals surface area contributed by atoms with E-state index in [1.807, 2.05) is 44.2 Å². The van der Waals surface area contributed by atoms with E-state index in [9.17, 15) is 9.59 Å². The van der Waals surface area contributed by atoms with Crippen LogP contribution in [0.4, 0.5) is 5.69 Å². The van der Waals surface area contributed by atoms with Gasteiger partial charge in [0.15, 0.2) is 0 Å².